The van der Waals surface area contributed by atoms with E-state index in [9.17, 15) is 15.0 Å². The summed E-state index contributed by atoms with van der Waals surface area (Å²) in [5, 5.41) is 29.5. The van der Waals surface area contributed by atoms with Crippen LogP contribution in [0.4, 0.5) is 0 Å². The fourth-order valence-corrected chi connectivity index (χ4v) is 4.31. The molecule has 0 aromatic rings. The van der Waals surface area contributed by atoms with Gasteiger partial charge in [0.1, 0.15) is 0 Å². The number of aliphatic carboxylic acids is 1. The van der Waals surface area contributed by atoms with E-state index in [2.05, 4.69) is 20.8 Å². The molecular formula is C22H37ClO4. The fourth-order valence-electron chi connectivity index (χ4n) is 3.83. The van der Waals surface area contributed by atoms with Gasteiger partial charge in [-0.1, -0.05) is 58.3 Å². The highest BCUT2D eigenvalue weighted by Crippen LogP contribution is 2.40. The van der Waals surface area contributed by atoms with Gasteiger partial charge in [-0.05, 0) is 43.4 Å². The van der Waals surface area contributed by atoms with Crippen molar-refractivity contribution in [1.29, 1.82) is 0 Å². The van der Waals surface area contributed by atoms with E-state index in [0.29, 0.717) is 6.42 Å². The number of unbranched alkanes of at least 4 members (excludes halogenated alkanes) is 3. The number of hydrogen-bond acceptors (Lipinski definition) is 3. The number of hydrogen-bond donors (Lipinski definition) is 3. The van der Waals surface area contributed by atoms with Gasteiger partial charge in [0.25, 0.3) is 0 Å². The molecule has 1 fully saturated rings. The monoisotopic (exact) mass is 400 g/mol. The van der Waals surface area contributed by atoms with E-state index in [-0.39, 0.29) is 22.6 Å². The van der Waals surface area contributed by atoms with E-state index in [1.165, 1.54) is 6.08 Å². The van der Waals surface area contributed by atoms with E-state index in [4.69, 9.17) is 16.7 Å². The molecule has 0 amide bonds. The molecule has 0 aromatic carbocycles. The molecule has 5 heteroatoms. The highest BCUT2D eigenvalue weighted by molar-refractivity contribution is 6.21. The van der Waals surface area contributed by atoms with Gasteiger partial charge in [0.15, 0.2) is 0 Å². The molecule has 1 saturated carbocycles. The van der Waals surface area contributed by atoms with Gasteiger partial charge in [0.2, 0.25) is 0 Å². The van der Waals surface area contributed by atoms with Crippen LogP contribution in [-0.2, 0) is 4.79 Å². The Hall–Kier alpha value is -0.840. The molecule has 0 bridgehead atoms. The number of aliphatic hydroxyl groups is 2. The number of carbonyl (C=O) groups is 1. The van der Waals surface area contributed by atoms with Gasteiger partial charge in [-0.15, -0.1) is 11.6 Å². The summed E-state index contributed by atoms with van der Waals surface area (Å²) in [7, 11) is 0. The third-order valence-corrected chi connectivity index (χ3v) is 6.28. The zero-order valence-corrected chi connectivity index (χ0v) is 17.7. The average Bonchev–Trinajstić information content (AvgIpc) is 2.86. The Morgan fingerprint density at radius 3 is 2.63 bits per heavy atom. The van der Waals surface area contributed by atoms with Crippen LogP contribution in [0.15, 0.2) is 24.3 Å². The molecule has 0 radical (unpaired) electrons. The Balaban J connectivity index is 2.58. The summed E-state index contributed by atoms with van der Waals surface area (Å²) in [6.45, 7) is 6.31. The summed E-state index contributed by atoms with van der Waals surface area (Å²) in [6, 6.07) is 0. The van der Waals surface area contributed by atoms with E-state index < -0.39 is 18.2 Å². The first-order valence-electron chi connectivity index (χ1n) is 10.3. The second-order valence-corrected chi connectivity index (χ2v) is 9.07. The van der Waals surface area contributed by atoms with Crippen molar-refractivity contribution in [1.82, 2.24) is 0 Å². The molecule has 5 atom stereocenters. The average molecular weight is 401 g/mol. The van der Waals surface area contributed by atoms with Crippen molar-refractivity contribution >= 4 is 17.6 Å². The number of carboxylic acid groups (broad SMARTS) is 1. The summed E-state index contributed by atoms with van der Waals surface area (Å²) in [5.41, 5.74) is -0.178. The molecule has 0 saturated heterocycles. The topological polar surface area (TPSA) is 77.8 Å². The summed E-state index contributed by atoms with van der Waals surface area (Å²) in [4.78, 5) is 10.5. The lowest BCUT2D eigenvalue weighted by molar-refractivity contribution is -0.131. The van der Waals surface area contributed by atoms with Gasteiger partial charge < -0.3 is 15.3 Å². The number of rotatable bonds is 12. The largest absolute Gasteiger partial charge is 0.478 e. The van der Waals surface area contributed by atoms with E-state index in [0.717, 1.165) is 44.9 Å². The summed E-state index contributed by atoms with van der Waals surface area (Å²) >= 11 is 6.48. The molecule has 0 heterocycles. The maximum absolute atomic E-state index is 10.6. The van der Waals surface area contributed by atoms with E-state index >= 15 is 0 Å². The van der Waals surface area contributed by atoms with Gasteiger partial charge in [-0.25, -0.2) is 4.79 Å². The minimum absolute atomic E-state index is 0.0290. The molecule has 1 aliphatic carbocycles. The van der Waals surface area contributed by atoms with Gasteiger partial charge >= 0.3 is 5.97 Å². The SMILES string of the molecule is CCCCC(C)(C)[C@H](O)/C=C/[C@@H]1[C@@H](CCCC/C=C/C(=O)O)[C@H](Cl)C[C@H]1O. The molecule has 1 rings (SSSR count). The lowest BCUT2D eigenvalue weighted by Crippen LogP contribution is -2.28. The molecule has 1 aliphatic rings. The van der Waals surface area contributed by atoms with Crippen LogP contribution in [0.1, 0.15) is 72.1 Å². The maximum atomic E-state index is 10.6. The normalized spacial score (nSPS) is 27.6. The van der Waals surface area contributed by atoms with E-state index in [1.54, 1.807) is 6.08 Å². The minimum Gasteiger partial charge on any atom is -0.478 e. The van der Waals surface area contributed by atoms with Gasteiger partial charge in [0, 0.05) is 17.4 Å². The molecular weight excluding hydrogens is 364 g/mol. The molecule has 27 heavy (non-hydrogen) atoms. The van der Waals surface area contributed by atoms with Crippen molar-refractivity contribution in [2.24, 2.45) is 17.3 Å². The molecule has 0 aliphatic heterocycles. The van der Waals surface area contributed by atoms with Crippen LogP contribution >= 0.6 is 11.6 Å². The van der Waals surface area contributed by atoms with Crippen molar-refractivity contribution < 1.29 is 20.1 Å². The zero-order chi connectivity index (χ0) is 20.4. The Bertz CT molecular complexity index is 501. The number of halogens is 1. The third kappa shape index (κ3) is 8.37. The number of alkyl halides is 1. The van der Waals surface area contributed by atoms with Crippen LogP contribution in [0.3, 0.4) is 0 Å². The molecule has 0 aromatic heterocycles. The minimum atomic E-state index is -0.916. The van der Waals surface area contributed by atoms with Crippen LogP contribution in [0, 0.1) is 17.3 Å². The molecule has 156 valence electrons. The van der Waals surface area contributed by atoms with Gasteiger partial charge in [0.05, 0.1) is 12.2 Å². The van der Waals surface area contributed by atoms with Crippen LogP contribution in [0.25, 0.3) is 0 Å². The third-order valence-electron chi connectivity index (χ3n) is 5.78. The second kappa shape index (κ2) is 11.9. The Labute approximate surface area is 169 Å². The first-order valence-corrected chi connectivity index (χ1v) is 10.7. The fraction of sp³-hybridized carbons (Fsp3) is 0.773. The van der Waals surface area contributed by atoms with E-state index in [1.807, 2.05) is 12.2 Å². The van der Waals surface area contributed by atoms with Gasteiger partial charge in [-0.2, -0.15) is 0 Å². The molecule has 3 N–H and O–H groups in total. The highest BCUT2D eigenvalue weighted by Gasteiger charge is 2.39. The van der Waals surface area contributed by atoms with Crippen molar-refractivity contribution in [2.45, 2.75) is 89.7 Å². The quantitative estimate of drug-likeness (QED) is 0.188. The standard InChI is InChI=1S/C22H37ClO4/c1-4-5-14-22(2,3)20(25)13-12-17-16(18(23)15-19(17)24)10-8-6-7-9-11-21(26)27/h9,11-13,16-20,24-25H,4-8,10,14-15H2,1-3H3,(H,26,27)/b11-9+,13-12+/t16-,17-,18-,19-,20-/m1/s1. The lowest BCUT2D eigenvalue weighted by atomic mass is 9.80. The first-order chi connectivity index (χ1) is 12.7. The Morgan fingerprint density at radius 2 is 2.00 bits per heavy atom. The van der Waals surface area contributed by atoms with Crippen LogP contribution in [0.2, 0.25) is 0 Å². The summed E-state index contributed by atoms with van der Waals surface area (Å²) < 4.78 is 0. The Kier molecular flexibility index (Phi) is 10.6. The highest BCUT2D eigenvalue weighted by atomic mass is 35.5. The number of allylic oxidation sites excluding steroid dienone is 1. The predicted molar refractivity (Wildman–Crippen MR) is 111 cm³/mol. The van der Waals surface area contributed by atoms with Crippen LogP contribution < -0.4 is 0 Å². The van der Waals surface area contributed by atoms with Crippen LogP contribution in [0.5, 0.6) is 0 Å². The zero-order valence-electron chi connectivity index (χ0n) is 17.0. The lowest BCUT2D eigenvalue weighted by Gasteiger charge is -2.29. The molecule has 4 nitrogen and oxygen atoms in total. The predicted octanol–water partition coefficient (Wildman–Crippen LogP) is 4.93. The number of aliphatic hydroxyl groups excluding tert-OH is 2. The second-order valence-electron chi connectivity index (χ2n) is 8.51. The summed E-state index contributed by atoms with van der Waals surface area (Å²) in [6.07, 6.45) is 12.9. The Morgan fingerprint density at radius 1 is 1.30 bits per heavy atom. The number of carboxylic acids is 1. The molecule has 0 spiro atoms. The van der Waals surface area contributed by atoms with Crippen molar-refractivity contribution in [3.63, 3.8) is 0 Å². The van der Waals surface area contributed by atoms with Crippen molar-refractivity contribution in [2.75, 3.05) is 0 Å². The smallest absolute Gasteiger partial charge is 0.327 e. The maximum Gasteiger partial charge on any atom is 0.327 e. The van der Waals surface area contributed by atoms with Crippen molar-refractivity contribution in [3.05, 3.63) is 24.3 Å². The van der Waals surface area contributed by atoms with Gasteiger partial charge in [-0.3, -0.25) is 0 Å². The first kappa shape index (κ1) is 24.2. The molecule has 0 unspecified atom stereocenters. The van der Waals surface area contributed by atoms with Crippen molar-refractivity contribution in [3.8, 4) is 0 Å². The van der Waals surface area contributed by atoms with Crippen LogP contribution in [-0.4, -0.2) is 38.9 Å². The summed E-state index contributed by atoms with van der Waals surface area (Å²) in [5.74, 6) is -0.758.